The first kappa shape index (κ1) is 32.5. The fraction of sp³-hybridized carbons (Fsp3) is 0.500. The third-order valence-corrected chi connectivity index (χ3v) is 11.6. The predicted octanol–water partition coefficient (Wildman–Crippen LogP) is 6.45. The zero-order valence-electron chi connectivity index (χ0n) is 26.7. The molecule has 2 saturated carbocycles. The molecule has 7 rings (SSSR count). The monoisotopic (exact) mass is 686 g/mol. The van der Waals surface area contributed by atoms with E-state index in [2.05, 4.69) is 14.5 Å². The number of nitrogens with one attached hydrogen (secondary N) is 2. The Hall–Kier alpha value is -4.07. The van der Waals surface area contributed by atoms with E-state index < -0.39 is 27.8 Å². The van der Waals surface area contributed by atoms with Crippen molar-refractivity contribution in [1.82, 2.24) is 20.2 Å². The molecule has 0 radical (unpaired) electrons. The van der Waals surface area contributed by atoms with Crippen molar-refractivity contribution in [2.75, 3.05) is 7.11 Å². The minimum absolute atomic E-state index is 0.0726. The molecule has 2 N–H and O–H groups in total. The quantitative estimate of drug-likeness (QED) is 0.206. The van der Waals surface area contributed by atoms with Crippen molar-refractivity contribution in [2.24, 2.45) is 17.8 Å². The van der Waals surface area contributed by atoms with Crippen LogP contribution >= 0.6 is 0 Å². The number of amides is 2. The van der Waals surface area contributed by atoms with Crippen LogP contribution in [0.15, 0.2) is 42.6 Å². The lowest BCUT2D eigenvalue weighted by atomic mass is 9.73. The van der Waals surface area contributed by atoms with Gasteiger partial charge in [0.05, 0.1) is 25.0 Å². The highest BCUT2D eigenvalue weighted by atomic mass is 32.2. The molecule has 14 heteroatoms. The van der Waals surface area contributed by atoms with Gasteiger partial charge in [-0.15, -0.1) is 0 Å². The van der Waals surface area contributed by atoms with Crippen molar-refractivity contribution in [2.45, 2.75) is 81.9 Å². The van der Waals surface area contributed by atoms with E-state index in [-0.39, 0.29) is 47.4 Å². The maximum Gasteiger partial charge on any atom is 0.534 e. The van der Waals surface area contributed by atoms with Crippen molar-refractivity contribution < 1.29 is 40.1 Å². The van der Waals surface area contributed by atoms with Crippen LogP contribution in [0.3, 0.4) is 0 Å². The summed E-state index contributed by atoms with van der Waals surface area (Å²) in [4.78, 5) is 35.9. The van der Waals surface area contributed by atoms with Crippen LogP contribution in [0.4, 0.5) is 18.0 Å². The van der Waals surface area contributed by atoms with E-state index in [1.165, 1.54) is 13.2 Å². The zero-order valence-corrected chi connectivity index (χ0v) is 27.5. The van der Waals surface area contributed by atoms with Gasteiger partial charge in [-0.1, -0.05) is 44.2 Å². The van der Waals surface area contributed by atoms with Gasteiger partial charge in [-0.25, -0.2) is 9.78 Å². The number of hydrogen-bond donors (Lipinski definition) is 2. The van der Waals surface area contributed by atoms with Crippen LogP contribution in [0.1, 0.15) is 74.9 Å². The van der Waals surface area contributed by atoms with Crippen LogP contribution in [0.25, 0.3) is 22.4 Å². The molecule has 3 aliphatic carbocycles. The summed E-state index contributed by atoms with van der Waals surface area (Å²) in [5.74, 6) is 0.793. The van der Waals surface area contributed by atoms with Crippen LogP contribution < -0.4 is 9.50 Å². The number of carbonyl (C=O) groups excluding carboxylic acids is 2. The Morgan fingerprint density at radius 2 is 1.73 bits per heavy atom. The van der Waals surface area contributed by atoms with Crippen molar-refractivity contribution >= 4 is 22.1 Å². The Kier molecular flexibility index (Phi) is 7.99. The predicted molar refractivity (Wildman–Crippen MR) is 169 cm³/mol. The molecule has 1 aliphatic heterocycles. The van der Waals surface area contributed by atoms with Gasteiger partial charge in [-0.05, 0) is 90.5 Å². The highest BCUT2D eigenvalue weighted by Gasteiger charge is 2.52. The molecular formula is C34H37F3N4O6S. The van der Waals surface area contributed by atoms with Crippen LogP contribution in [-0.2, 0) is 26.1 Å². The maximum absolute atomic E-state index is 13.8. The molecule has 3 aromatic rings. The van der Waals surface area contributed by atoms with Gasteiger partial charge < -0.3 is 24.1 Å². The summed E-state index contributed by atoms with van der Waals surface area (Å²) in [6.45, 7) is 3.77. The Balaban J connectivity index is 1.14. The zero-order chi connectivity index (χ0) is 34.1. The van der Waals surface area contributed by atoms with Crippen molar-refractivity contribution in [3.05, 3.63) is 59.5 Å². The Labute approximate surface area is 276 Å². The summed E-state index contributed by atoms with van der Waals surface area (Å²) in [7, 11) is -4.51. The summed E-state index contributed by atoms with van der Waals surface area (Å²) in [5, 5.41) is 2.71. The van der Waals surface area contributed by atoms with E-state index in [0.717, 1.165) is 60.1 Å². The van der Waals surface area contributed by atoms with Crippen LogP contribution in [0.5, 0.6) is 5.75 Å². The van der Waals surface area contributed by atoms with E-state index >= 15 is 0 Å². The number of alkyl carbamates (subject to hydrolysis) is 1. The number of imidazole rings is 1. The lowest BCUT2D eigenvalue weighted by Gasteiger charge is -2.37. The van der Waals surface area contributed by atoms with Gasteiger partial charge in [0.1, 0.15) is 17.6 Å². The van der Waals surface area contributed by atoms with Gasteiger partial charge in [0.15, 0.2) is 0 Å². The van der Waals surface area contributed by atoms with Gasteiger partial charge in [0.2, 0.25) is 5.91 Å². The number of benzene rings is 2. The van der Waals surface area contributed by atoms with E-state index in [1.807, 2.05) is 43.0 Å². The summed E-state index contributed by atoms with van der Waals surface area (Å²) >= 11 is 0. The molecule has 1 saturated heterocycles. The van der Waals surface area contributed by atoms with Crippen molar-refractivity contribution in [3.8, 4) is 28.1 Å². The maximum atomic E-state index is 13.8. The van der Waals surface area contributed by atoms with Crippen LogP contribution in [0.2, 0.25) is 0 Å². The van der Waals surface area contributed by atoms with Gasteiger partial charge >= 0.3 is 21.7 Å². The lowest BCUT2D eigenvalue weighted by Crippen LogP contribution is -2.54. The number of H-pyrrole nitrogens is 1. The molecule has 6 atom stereocenters. The van der Waals surface area contributed by atoms with E-state index in [1.54, 1.807) is 12.3 Å². The molecule has 3 fully saturated rings. The molecule has 0 spiro atoms. The number of rotatable bonds is 8. The molecule has 2 unspecified atom stereocenters. The number of fused-ring (bicyclic) bond motifs is 5. The van der Waals surface area contributed by atoms with E-state index in [9.17, 15) is 31.2 Å². The summed E-state index contributed by atoms with van der Waals surface area (Å²) in [5.41, 5.74) is -0.785. The summed E-state index contributed by atoms with van der Waals surface area (Å²) in [6.07, 6.45) is 6.15. The third kappa shape index (κ3) is 5.41. The highest BCUT2D eigenvalue weighted by molar-refractivity contribution is 7.88. The second-order valence-corrected chi connectivity index (χ2v) is 15.2. The number of ether oxygens (including phenoxy) is 1. The second-order valence-electron chi connectivity index (χ2n) is 13.7. The molecule has 2 heterocycles. The van der Waals surface area contributed by atoms with Crippen LogP contribution in [-0.4, -0.2) is 60.0 Å². The topological polar surface area (TPSA) is 131 Å². The number of carbonyl (C=O) groups is 2. The van der Waals surface area contributed by atoms with Gasteiger partial charge in [-0.2, -0.15) is 21.6 Å². The first-order valence-corrected chi connectivity index (χ1v) is 17.7. The first-order chi connectivity index (χ1) is 22.8. The standard InChI is InChI=1S/C34H37F3N4O6S/c1-17(2)29(40-33(43)46-3)32(42)41-22-10-8-21(14-22)30(41)31-38-16-26(39-31)19-6-4-18(5-7-19)23-12-13-27(47-48(44,45)34(35,36)37)25-15-20-9-11-24(20)28(23)25/h4-7,12-13,16-17,20-22,24,29-30H,8-11,14-15H2,1-3H3,(H,38,39)(H,40,43)/t20?,21-,22+,24?,29-,30-/m0/s1. The number of nitrogens with zero attached hydrogens (tertiary/aromatic N) is 2. The molecule has 2 bridgehead atoms. The van der Waals surface area contributed by atoms with E-state index in [4.69, 9.17) is 9.72 Å². The fourth-order valence-corrected chi connectivity index (χ4v) is 8.70. The van der Waals surface area contributed by atoms with Crippen molar-refractivity contribution in [3.63, 3.8) is 0 Å². The van der Waals surface area contributed by atoms with Gasteiger partial charge in [-0.3, -0.25) is 4.79 Å². The summed E-state index contributed by atoms with van der Waals surface area (Å²) in [6, 6.07) is 9.80. The average Bonchev–Trinajstić information content (AvgIpc) is 3.82. The molecule has 4 aliphatic rings. The molecule has 1 aromatic heterocycles. The number of aromatic amines is 1. The van der Waals surface area contributed by atoms with Gasteiger partial charge in [0, 0.05) is 11.6 Å². The third-order valence-electron chi connectivity index (χ3n) is 10.7. The number of hydrogen-bond acceptors (Lipinski definition) is 7. The fourth-order valence-electron chi connectivity index (χ4n) is 8.21. The van der Waals surface area contributed by atoms with Crippen molar-refractivity contribution in [1.29, 1.82) is 0 Å². The molecule has 2 amide bonds. The highest BCUT2D eigenvalue weighted by Crippen LogP contribution is 2.56. The normalized spacial score (nSPS) is 25.0. The molecule has 256 valence electrons. The molecule has 2 aromatic carbocycles. The lowest BCUT2D eigenvalue weighted by molar-refractivity contribution is -0.139. The average molecular weight is 687 g/mol. The largest absolute Gasteiger partial charge is 0.534 e. The molecular weight excluding hydrogens is 649 g/mol. The number of alkyl halides is 3. The molecule has 10 nitrogen and oxygen atoms in total. The Morgan fingerprint density at radius 1 is 1.02 bits per heavy atom. The van der Waals surface area contributed by atoms with E-state index in [0.29, 0.717) is 17.8 Å². The number of likely N-dealkylation sites (tertiary alicyclic amines) is 1. The van der Waals surface area contributed by atoms with Crippen LogP contribution in [0, 0.1) is 17.8 Å². The number of methoxy groups -OCH3 is 1. The second kappa shape index (κ2) is 11.8. The minimum Gasteiger partial charge on any atom is -0.453 e. The Bertz CT molecular complexity index is 1860. The SMILES string of the molecule is COC(=O)N[C@H](C(=O)N1[C@@H]2CC[C@@H](C2)[C@H]1c1ncc(-c2ccc(-c3ccc(OS(=O)(=O)C(F)(F)F)c4c3C3CCC3C4)cc2)[nH]1)C(C)C. The number of aromatic nitrogens is 2. The smallest absolute Gasteiger partial charge is 0.453 e. The van der Waals surface area contributed by atoms with Gasteiger partial charge in [0.25, 0.3) is 0 Å². The minimum atomic E-state index is -5.78. The molecule has 48 heavy (non-hydrogen) atoms. The summed E-state index contributed by atoms with van der Waals surface area (Å²) < 4.78 is 72.3. The first-order valence-electron chi connectivity index (χ1n) is 16.3. The Morgan fingerprint density at radius 3 is 2.38 bits per heavy atom. The number of halogens is 3. The number of piperidine rings is 1.